The highest BCUT2D eigenvalue weighted by Crippen LogP contribution is 2.07. The molecule has 0 aliphatic carbocycles. The number of piperazine rings is 1. The van der Waals surface area contributed by atoms with Crippen LogP contribution in [0, 0.1) is 0 Å². The molecule has 2 N–H and O–H groups in total. The number of amides is 2. The number of hydrogen-bond acceptors (Lipinski definition) is 3. The van der Waals surface area contributed by atoms with Gasteiger partial charge in [-0.3, -0.25) is 9.59 Å². The van der Waals surface area contributed by atoms with Crippen LogP contribution in [0.3, 0.4) is 0 Å². The van der Waals surface area contributed by atoms with Crippen molar-refractivity contribution in [3.8, 4) is 0 Å². The average Bonchev–Trinajstić information content (AvgIpc) is 2.20. The number of rotatable bonds is 1. The Kier molecular flexibility index (Phi) is 5.93. The third-order valence-electron chi connectivity index (χ3n) is 2.32. The van der Waals surface area contributed by atoms with E-state index in [0.717, 1.165) is 6.54 Å². The summed E-state index contributed by atoms with van der Waals surface area (Å²) in [5.74, 6) is -0.515. The first-order valence-electron chi connectivity index (χ1n) is 5.27. The number of nitrogens with two attached hydrogens (primary N) is 1. The van der Waals surface area contributed by atoms with Gasteiger partial charge >= 0.3 is 0 Å². The minimum Gasteiger partial charge on any atom is -0.368 e. The number of carbonyl (C=O) groups is 2. The molecule has 0 spiro atoms. The van der Waals surface area contributed by atoms with Gasteiger partial charge in [0.2, 0.25) is 11.8 Å². The Balaban J connectivity index is 0.000000921. The molecule has 1 atom stereocenters. The first kappa shape index (κ1) is 13.9. The Morgan fingerprint density at radius 2 is 1.80 bits per heavy atom. The molecule has 0 aromatic rings. The lowest BCUT2D eigenvalue weighted by atomic mass is 10.1. The topological polar surface area (TPSA) is 66.6 Å². The zero-order valence-electron chi connectivity index (χ0n) is 9.99. The lowest BCUT2D eigenvalue weighted by molar-refractivity contribution is -0.140. The predicted octanol–water partition coefficient (Wildman–Crippen LogP) is -0.340. The van der Waals surface area contributed by atoms with Gasteiger partial charge in [0.05, 0.1) is 0 Å². The second-order valence-electron chi connectivity index (χ2n) is 3.39. The van der Waals surface area contributed by atoms with Crippen molar-refractivity contribution in [2.24, 2.45) is 5.73 Å². The largest absolute Gasteiger partial charge is 0.368 e. The van der Waals surface area contributed by atoms with Gasteiger partial charge in [-0.15, -0.1) is 0 Å². The predicted molar refractivity (Wildman–Crippen MR) is 59.2 cm³/mol. The first-order chi connectivity index (χ1) is 7.02. The summed E-state index contributed by atoms with van der Waals surface area (Å²) in [6.07, 6.45) is 0. The highest BCUT2D eigenvalue weighted by molar-refractivity contribution is 5.86. The Morgan fingerprint density at radius 3 is 2.20 bits per heavy atom. The number of likely N-dealkylation sites (N-methyl/N-ethyl adjacent to an activating group) is 1. The number of hydrogen-bond donors (Lipinski definition) is 1. The molecule has 5 nitrogen and oxygen atoms in total. The van der Waals surface area contributed by atoms with Gasteiger partial charge in [-0.2, -0.15) is 0 Å². The highest BCUT2D eigenvalue weighted by atomic mass is 16.2. The second kappa shape index (κ2) is 6.40. The summed E-state index contributed by atoms with van der Waals surface area (Å²) in [7, 11) is 1.91. The summed E-state index contributed by atoms with van der Waals surface area (Å²) in [5, 5.41) is 0. The van der Waals surface area contributed by atoms with Gasteiger partial charge < -0.3 is 15.5 Å². The third kappa shape index (κ3) is 3.87. The van der Waals surface area contributed by atoms with Crippen molar-refractivity contribution in [3.63, 3.8) is 0 Å². The van der Waals surface area contributed by atoms with Crippen LogP contribution in [0.4, 0.5) is 0 Å². The maximum absolute atomic E-state index is 11.1. The van der Waals surface area contributed by atoms with Gasteiger partial charge in [0, 0.05) is 26.6 Å². The fourth-order valence-corrected chi connectivity index (χ4v) is 1.54. The molecule has 0 saturated carbocycles. The van der Waals surface area contributed by atoms with Crippen LogP contribution in [0.5, 0.6) is 0 Å². The normalized spacial score (nSPS) is 21.6. The molecular weight excluding hydrogens is 194 g/mol. The number of nitrogens with zero attached hydrogens (tertiary/aromatic N) is 2. The molecule has 1 rings (SSSR count). The van der Waals surface area contributed by atoms with E-state index in [0.29, 0.717) is 13.1 Å². The summed E-state index contributed by atoms with van der Waals surface area (Å²) >= 11 is 0. The van der Waals surface area contributed by atoms with Crippen molar-refractivity contribution in [2.45, 2.75) is 26.8 Å². The van der Waals surface area contributed by atoms with Crippen LogP contribution in [0.25, 0.3) is 0 Å². The summed E-state index contributed by atoms with van der Waals surface area (Å²) in [6, 6.07) is -0.462. The smallest absolute Gasteiger partial charge is 0.241 e. The van der Waals surface area contributed by atoms with E-state index in [2.05, 4.69) is 0 Å². The van der Waals surface area contributed by atoms with Gasteiger partial charge in [0.15, 0.2) is 0 Å². The quantitative estimate of drug-likeness (QED) is 0.650. The van der Waals surface area contributed by atoms with E-state index in [1.54, 1.807) is 0 Å². The molecular formula is C10H21N3O2. The van der Waals surface area contributed by atoms with Crippen LogP contribution >= 0.6 is 0 Å². The Labute approximate surface area is 91.2 Å². The van der Waals surface area contributed by atoms with E-state index >= 15 is 0 Å². The summed E-state index contributed by atoms with van der Waals surface area (Å²) in [6.45, 7) is 7.37. The van der Waals surface area contributed by atoms with E-state index in [9.17, 15) is 9.59 Å². The molecule has 1 aliphatic rings. The monoisotopic (exact) mass is 215 g/mol. The zero-order valence-corrected chi connectivity index (χ0v) is 9.99. The van der Waals surface area contributed by atoms with Gasteiger partial charge in [-0.1, -0.05) is 13.8 Å². The van der Waals surface area contributed by atoms with Gasteiger partial charge in [-0.05, 0) is 7.05 Å². The number of primary amides is 1. The lowest BCUT2D eigenvalue weighted by Gasteiger charge is -2.37. The van der Waals surface area contributed by atoms with E-state index in [4.69, 9.17) is 5.73 Å². The molecule has 0 aromatic carbocycles. The van der Waals surface area contributed by atoms with Crippen LogP contribution in [-0.4, -0.2) is 54.3 Å². The minimum absolute atomic E-state index is 0.0862. The summed E-state index contributed by atoms with van der Waals surface area (Å²) < 4.78 is 0. The van der Waals surface area contributed by atoms with Crippen LogP contribution in [0.2, 0.25) is 0 Å². The van der Waals surface area contributed by atoms with Crippen molar-refractivity contribution < 1.29 is 9.59 Å². The van der Waals surface area contributed by atoms with Crippen molar-refractivity contribution in [1.82, 2.24) is 9.80 Å². The molecule has 1 aliphatic heterocycles. The zero-order chi connectivity index (χ0) is 12.0. The molecule has 0 aromatic heterocycles. The van der Waals surface area contributed by atoms with Crippen molar-refractivity contribution >= 4 is 11.8 Å². The van der Waals surface area contributed by atoms with E-state index in [1.165, 1.54) is 11.8 Å². The minimum atomic E-state index is -0.462. The van der Waals surface area contributed by atoms with Crippen LogP contribution < -0.4 is 5.73 Å². The molecule has 1 fully saturated rings. The SMILES string of the molecule is CC.CC(=O)N1CCN(C)CC1C(N)=O. The fourth-order valence-electron chi connectivity index (χ4n) is 1.54. The van der Waals surface area contributed by atoms with Gasteiger partial charge in [-0.25, -0.2) is 0 Å². The molecule has 2 amide bonds. The van der Waals surface area contributed by atoms with Crippen molar-refractivity contribution in [3.05, 3.63) is 0 Å². The Hall–Kier alpha value is -1.10. The number of carbonyl (C=O) groups excluding carboxylic acids is 2. The molecule has 0 bridgehead atoms. The van der Waals surface area contributed by atoms with E-state index < -0.39 is 11.9 Å². The average molecular weight is 215 g/mol. The van der Waals surface area contributed by atoms with E-state index in [1.807, 2.05) is 25.8 Å². The second-order valence-corrected chi connectivity index (χ2v) is 3.39. The molecule has 1 heterocycles. The maximum Gasteiger partial charge on any atom is 0.241 e. The molecule has 15 heavy (non-hydrogen) atoms. The Morgan fingerprint density at radius 1 is 1.27 bits per heavy atom. The molecule has 88 valence electrons. The first-order valence-corrected chi connectivity index (χ1v) is 5.27. The standard InChI is InChI=1S/C8H15N3O2.C2H6/c1-6(12)11-4-3-10(2)5-7(11)8(9)13;1-2/h7H,3-5H2,1-2H3,(H2,9,13);1-2H3. The molecule has 5 heteroatoms. The third-order valence-corrected chi connectivity index (χ3v) is 2.32. The molecule has 1 saturated heterocycles. The summed E-state index contributed by atoms with van der Waals surface area (Å²) in [5.41, 5.74) is 5.20. The summed E-state index contributed by atoms with van der Waals surface area (Å²) in [4.78, 5) is 25.7. The van der Waals surface area contributed by atoms with Crippen molar-refractivity contribution in [2.75, 3.05) is 26.7 Å². The molecule has 0 radical (unpaired) electrons. The Bertz CT molecular complexity index is 231. The fraction of sp³-hybridized carbons (Fsp3) is 0.800. The van der Waals surface area contributed by atoms with Crippen molar-refractivity contribution in [1.29, 1.82) is 0 Å². The molecule has 1 unspecified atom stereocenters. The van der Waals surface area contributed by atoms with Gasteiger partial charge in [0.1, 0.15) is 6.04 Å². The van der Waals surface area contributed by atoms with Gasteiger partial charge in [0.25, 0.3) is 0 Å². The van der Waals surface area contributed by atoms with E-state index in [-0.39, 0.29) is 5.91 Å². The van der Waals surface area contributed by atoms with Crippen LogP contribution in [0.15, 0.2) is 0 Å². The lowest BCUT2D eigenvalue weighted by Crippen LogP contribution is -2.58. The highest BCUT2D eigenvalue weighted by Gasteiger charge is 2.30. The van der Waals surface area contributed by atoms with Crippen LogP contribution in [0.1, 0.15) is 20.8 Å². The maximum atomic E-state index is 11.1. The van der Waals surface area contributed by atoms with Crippen LogP contribution in [-0.2, 0) is 9.59 Å².